The number of rotatable bonds is 1. The molecule has 0 aliphatic heterocycles. The lowest BCUT2D eigenvalue weighted by molar-refractivity contribution is 0.662. The molecule has 0 unspecified atom stereocenters. The van der Waals surface area contributed by atoms with Crippen molar-refractivity contribution in [2.45, 2.75) is 6.92 Å². The third-order valence-electron chi connectivity index (χ3n) is 4.38. The van der Waals surface area contributed by atoms with Crippen LogP contribution in [-0.2, 0) is 0 Å². The number of benzene rings is 2. The van der Waals surface area contributed by atoms with Crippen LogP contribution in [0.1, 0.15) is 5.69 Å². The molecule has 0 radical (unpaired) electrons. The quantitative estimate of drug-likeness (QED) is 0.424. The maximum absolute atomic E-state index is 6.19. The van der Waals surface area contributed by atoms with E-state index in [2.05, 4.69) is 35.8 Å². The Morgan fingerprint density at radius 1 is 0.870 bits per heavy atom. The molecule has 0 atom stereocenters. The Labute approximate surface area is 132 Å². The SMILES string of the molecule is Cc1cccn1-c1nc2ccccc2c2c1oc1ccccc12. The molecule has 3 nitrogen and oxygen atoms in total. The molecule has 5 aromatic rings. The molecule has 0 amide bonds. The maximum Gasteiger partial charge on any atom is 0.181 e. The topological polar surface area (TPSA) is 31.0 Å². The van der Waals surface area contributed by atoms with E-state index < -0.39 is 0 Å². The van der Waals surface area contributed by atoms with Crippen LogP contribution in [0.15, 0.2) is 71.3 Å². The van der Waals surface area contributed by atoms with Crippen LogP contribution in [0.4, 0.5) is 0 Å². The van der Waals surface area contributed by atoms with Crippen molar-refractivity contribution in [3.8, 4) is 5.82 Å². The fraction of sp³-hybridized carbons (Fsp3) is 0.0500. The molecule has 0 aliphatic rings. The largest absolute Gasteiger partial charge is 0.452 e. The van der Waals surface area contributed by atoms with Crippen LogP contribution in [0.25, 0.3) is 38.7 Å². The van der Waals surface area contributed by atoms with Crippen molar-refractivity contribution in [3.05, 3.63) is 72.6 Å². The second kappa shape index (κ2) is 4.46. The van der Waals surface area contributed by atoms with Gasteiger partial charge in [-0.2, -0.15) is 0 Å². The van der Waals surface area contributed by atoms with Crippen LogP contribution in [0.2, 0.25) is 0 Å². The molecule has 5 rings (SSSR count). The Kier molecular flexibility index (Phi) is 2.42. The minimum atomic E-state index is 0.837. The van der Waals surface area contributed by atoms with Gasteiger partial charge in [0.2, 0.25) is 0 Å². The van der Waals surface area contributed by atoms with Crippen LogP contribution < -0.4 is 0 Å². The van der Waals surface area contributed by atoms with Gasteiger partial charge in [0.1, 0.15) is 5.58 Å². The van der Waals surface area contributed by atoms with Gasteiger partial charge in [0.25, 0.3) is 0 Å². The summed E-state index contributed by atoms with van der Waals surface area (Å²) in [6, 6.07) is 20.5. The van der Waals surface area contributed by atoms with Crippen LogP contribution in [0.5, 0.6) is 0 Å². The zero-order valence-electron chi connectivity index (χ0n) is 12.7. The highest BCUT2D eigenvalue weighted by atomic mass is 16.3. The Morgan fingerprint density at radius 2 is 1.65 bits per heavy atom. The van der Waals surface area contributed by atoms with Crippen molar-refractivity contribution < 1.29 is 4.42 Å². The molecule has 23 heavy (non-hydrogen) atoms. The first-order valence-corrected chi connectivity index (χ1v) is 7.67. The van der Waals surface area contributed by atoms with E-state index in [4.69, 9.17) is 9.40 Å². The number of para-hydroxylation sites is 2. The first-order chi connectivity index (χ1) is 11.3. The van der Waals surface area contributed by atoms with Gasteiger partial charge in [0.15, 0.2) is 11.4 Å². The fourth-order valence-corrected chi connectivity index (χ4v) is 3.28. The van der Waals surface area contributed by atoms with E-state index in [0.29, 0.717) is 0 Å². The van der Waals surface area contributed by atoms with E-state index in [1.165, 1.54) is 0 Å². The molecule has 3 heteroatoms. The molecule has 0 spiro atoms. The summed E-state index contributed by atoms with van der Waals surface area (Å²) in [4.78, 5) is 4.87. The van der Waals surface area contributed by atoms with Gasteiger partial charge in [-0.05, 0) is 31.2 Å². The van der Waals surface area contributed by atoms with E-state index in [-0.39, 0.29) is 0 Å². The highest BCUT2D eigenvalue weighted by Gasteiger charge is 2.17. The predicted molar refractivity (Wildman–Crippen MR) is 93.1 cm³/mol. The van der Waals surface area contributed by atoms with E-state index in [1.807, 2.05) is 42.6 Å². The molecule has 0 bridgehead atoms. The fourth-order valence-electron chi connectivity index (χ4n) is 3.28. The molecule has 0 N–H and O–H groups in total. The Balaban J connectivity index is 2.07. The Hall–Kier alpha value is -3.07. The van der Waals surface area contributed by atoms with Crippen molar-refractivity contribution in [1.82, 2.24) is 9.55 Å². The predicted octanol–water partition coefficient (Wildman–Crippen LogP) is 5.23. The van der Waals surface area contributed by atoms with E-state index >= 15 is 0 Å². The lowest BCUT2D eigenvalue weighted by Crippen LogP contribution is -1.99. The number of aromatic nitrogens is 2. The first kappa shape index (κ1) is 12.5. The number of hydrogen-bond acceptors (Lipinski definition) is 2. The van der Waals surface area contributed by atoms with Gasteiger partial charge in [-0.1, -0.05) is 36.4 Å². The number of aryl methyl sites for hydroxylation is 1. The van der Waals surface area contributed by atoms with Gasteiger partial charge in [-0.3, -0.25) is 0 Å². The van der Waals surface area contributed by atoms with Gasteiger partial charge >= 0.3 is 0 Å². The monoisotopic (exact) mass is 298 g/mol. The van der Waals surface area contributed by atoms with Gasteiger partial charge in [0.05, 0.1) is 5.52 Å². The summed E-state index contributed by atoms with van der Waals surface area (Å²) in [7, 11) is 0. The lowest BCUT2D eigenvalue weighted by Gasteiger charge is -2.08. The number of hydrogen-bond donors (Lipinski definition) is 0. The number of nitrogens with zero attached hydrogens (tertiary/aromatic N) is 2. The number of fused-ring (bicyclic) bond motifs is 5. The van der Waals surface area contributed by atoms with Crippen LogP contribution in [0, 0.1) is 6.92 Å². The Morgan fingerprint density at radius 3 is 2.48 bits per heavy atom. The van der Waals surface area contributed by atoms with Crippen molar-refractivity contribution in [2.24, 2.45) is 0 Å². The third-order valence-corrected chi connectivity index (χ3v) is 4.38. The van der Waals surface area contributed by atoms with Crippen molar-refractivity contribution >= 4 is 32.8 Å². The lowest BCUT2D eigenvalue weighted by atomic mass is 10.1. The summed E-state index contributed by atoms with van der Waals surface area (Å²) < 4.78 is 8.27. The maximum atomic E-state index is 6.19. The summed E-state index contributed by atoms with van der Waals surface area (Å²) in [5.41, 5.74) is 3.85. The van der Waals surface area contributed by atoms with Crippen LogP contribution in [0.3, 0.4) is 0 Å². The molecular weight excluding hydrogens is 284 g/mol. The molecule has 3 heterocycles. The smallest absolute Gasteiger partial charge is 0.181 e. The molecule has 3 aromatic heterocycles. The minimum absolute atomic E-state index is 0.837. The average molecular weight is 298 g/mol. The van der Waals surface area contributed by atoms with Gasteiger partial charge in [-0.15, -0.1) is 0 Å². The van der Waals surface area contributed by atoms with E-state index in [0.717, 1.165) is 44.4 Å². The van der Waals surface area contributed by atoms with Gasteiger partial charge in [0, 0.05) is 28.0 Å². The standard InChI is InChI=1S/C20H14N2O/c1-13-7-6-12-22(13)20-19-18(14-8-2-4-10-16(14)21-20)15-9-3-5-11-17(15)23-19/h2-12H,1H3. The zero-order valence-corrected chi connectivity index (χ0v) is 12.7. The van der Waals surface area contributed by atoms with Crippen molar-refractivity contribution in [3.63, 3.8) is 0 Å². The van der Waals surface area contributed by atoms with Crippen molar-refractivity contribution in [1.29, 1.82) is 0 Å². The summed E-state index contributed by atoms with van der Waals surface area (Å²) in [6.07, 6.45) is 2.03. The molecular formula is C20H14N2O. The molecule has 0 fully saturated rings. The molecule has 2 aromatic carbocycles. The normalized spacial score (nSPS) is 11.7. The molecule has 0 saturated heterocycles. The number of furan rings is 1. The summed E-state index contributed by atoms with van der Waals surface area (Å²) in [5, 5.41) is 3.39. The molecule has 0 saturated carbocycles. The molecule has 110 valence electrons. The van der Waals surface area contributed by atoms with Gasteiger partial charge < -0.3 is 8.98 Å². The minimum Gasteiger partial charge on any atom is -0.452 e. The third kappa shape index (κ3) is 1.67. The highest BCUT2D eigenvalue weighted by Crippen LogP contribution is 2.36. The van der Waals surface area contributed by atoms with Gasteiger partial charge in [-0.25, -0.2) is 4.98 Å². The second-order valence-electron chi connectivity index (χ2n) is 5.77. The first-order valence-electron chi connectivity index (χ1n) is 7.67. The molecule has 0 aliphatic carbocycles. The number of pyridine rings is 1. The summed E-state index contributed by atoms with van der Waals surface area (Å²) in [5.74, 6) is 0.845. The van der Waals surface area contributed by atoms with Crippen molar-refractivity contribution in [2.75, 3.05) is 0 Å². The zero-order chi connectivity index (χ0) is 15.4. The van der Waals surface area contributed by atoms with Crippen LogP contribution >= 0.6 is 0 Å². The van der Waals surface area contributed by atoms with Crippen LogP contribution in [-0.4, -0.2) is 9.55 Å². The highest BCUT2D eigenvalue weighted by molar-refractivity contribution is 6.19. The van der Waals surface area contributed by atoms with E-state index in [1.54, 1.807) is 0 Å². The second-order valence-corrected chi connectivity index (χ2v) is 5.77. The van der Waals surface area contributed by atoms with E-state index in [9.17, 15) is 0 Å². The summed E-state index contributed by atoms with van der Waals surface area (Å²) >= 11 is 0. The Bertz CT molecular complexity index is 1180. The average Bonchev–Trinajstić information content (AvgIpc) is 3.18. The summed E-state index contributed by atoms with van der Waals surface area (Å²) in [6.45, 7) is 2.07.